The Labute approximate surface area is 152 Å². The van der Waals surface area contributed by atoms with Gasteiger partial charge in [0, 0.05) is 11.8 Å². The molecule has 2 fully saturated rings. The maximum Gasteiger partial charge on any atom is 0.412 e. The topological polar surface area (TPSA) is 9.23 Å². The van der Waals surface area contributed by atoms with E-state index in [1.54, 1.807) is 0 Å². The summed E-state index contributed by atoms with van der Waals surface area (Å²) in [7, 11) is 0. The number of rotatable bonds is 3. The van der Waals surface area contributed by atoms with E-state index in [0.717, 1.165) is 25.7 Å². The quantitative estimate of drug-likeness (QED) is 0.553. The summed E-state index contributed by atoms with van der Waals surface area (Å²) in [5.74, 6) is -0.851. The second-order valence-corrected chi connectivity index (χ2v) is 7.74. The third-order valence-electron chi connectivity index (χ3n) is 5.85. The number of hydrogen-bond acceptors (Lipinski definition) is 1. The van der Waals surface area contributed by atoms with Crippen LogP contribution in [0.25, 0.3) is 0 Å². The average molecular weight is 370 g/mol. The lowest BCUT2D eigenvalue weighted by atomic mass is 9.76. The van der Waals surface area contributed by atoms with Gasteiger partial charge in [-0.25, -0.2) is 4.39 Å². The SMILES string of the molecule is Cc1ccc(C2CCC(C3CCC(/C(F)=C/C(F)(F)F)CC3)OC2)cc1. The third kappa shape index (κ3) is 5.09. The Hall–Kier alpha value is -1.36. The molecular weight excluding hydrogens is 344 g/mol. The van der Waals surface area contributed by atoms with Gasteiger partial charge in [0.25, 0.3) is 0 Å². The van der Waals surface area contributed by atoms with Gasteiger partial charge in [0.15, 0.2) is 0 Å². The highest BCUT2D eigenvalue weighted by atomic mass is 19.4. The molecule has 26 heavy (non-hydrogen) atoms. The molecule has 1 aromatic rings. The molecule has 0 spiro atoms. The van der Waals surface area contributed by atoms with Crippen molar-refractivity contribution >= 4 is 0 Å². The molecule has 2 unspecified atom stereocenters. The molecule has 1 saturated heterocycles. The van der Waals surface area contributed by atoms with Gasteiger partial charge in [0.05, 0.1) is 18.8 Å². The molecule has 0 N–H and O–H groups in total. The summed E-state index contributed by atoms with van der Waals surface area (Å²) in [5, 5.41) is 0. The molecule has 3 rings (SSSR count). The van der Waals surface area contributed by atoms with Crippen molar-refractivity contribution < 1.29 is 22.3 Å². The van der Waals surface area contributed by atoms with E-state index in [9.17, 15) is 17.6 Å². The van der Waals surface area contributed by atoms with E-state index in [0.29, 0.717) is 31.3 Å². The van der Waals surface area contributed by atoms with E-state index in [4.69, 9.17) is 4.74 Å². The molecule has 2 atom stereocenters. The first-order valence-corrected chi connectivity index (χ1v) is 9.45. The van der Waals surface area contributed by atoms with Crippen LogP contribution in [-0.4, -0.2) is 18.9 Å². The molecule has 0 aromatic heterocycles. The molecule has 5 heteroatoms. The van der Waals surface area contributed by atoms with Gasteiger partial charge in [-0.15, -0.1) is 0 Å². The van der Waals surface area contributed by atoms with Crippen LogP contribution in [0.5, 0.6) is 0 Å². The minimum atomic E-state index is -4.57. The van der Waals surface area contributed by atoms with Gasteiger partial charge in [-0.2, -0.15) is 13.2 Å². The first-order chi connectivity index (χ1) is 12.3. The molecule has 0 bridgehead atoms. The van der Waals surface area contributed by atoms with Crippen molar-refractivity contribution in [3.05, 3.63) is 47.3 Å². The Bertz CT molecular complexity index is 604. The minimum Gasteiger partial charge on any atom is -0.377 e. The monoisotopic (exact) mass is 370 g/mol. The number of ether oxygens (including phenoxy) is 1. The standard InChI is InChI=1S/C21H26F4O/c1-14-2-4-15(5-3-14)18-10-11-20(26-13-18)17-8-6-16(7-9-17)19(22)12-21(23,24)25/h2-5,12,16-18,20H,6-11,13H2,1H3/b19-12-. The Morgan fingerprint density at radius 3 is 2.19 bits per heavy atom. The highest BCUT2D eigenvalue weighted by Crippen LogP contribution is 2.40. The summed E-state index contributed by atoms with van der Waals surface area (Å²) in [6.45, 7) is 2.76. The molecule has 1 saturated carbocycles. The second-order valence-electron chi connectivity index (χ2n) is 7.74. The maximum absolute atomic E-state index is 13.7. The van der Waals surface area contributed by atoms with Gasteiger partial charge < -0.3 is 4.74 Å². The first kappa shape index (κ1) is 19.4. The zero-order valence-corrected chi connectivity index (χ0v) is 15.1. The first-order valence-electron chi connectivity index (χ1n) is 9.45. The lowest BCUT2D eigenvalue weighted by Gasteiger charge is -2.37. The Kier molecular flexibility index (Phi) is 6.06. The largest absolute Gasteiger partial charge is 0.412 e. The summed E-state index contributed by atoms with van der Waals surface area (Å²) in [6, 6.07) is 8.55. The van der Waals surface area contributed by atoms with Crippen LogP contribution in [0.2, 0.25) is 0 Å². The van der Waals surface area contributed by atoms with Crippen LogP contribution in [0.1, 0.15) is 55.6 Å². The average Bonchev–Trinajstić information content (AvgIpc) is 2.61. The van der Waals surface area contributed by atoms with Crippen LogP contribution in [0.3, 0.4) is 0 Å². The maximum atomic E-state index is 13.7. The van der Waals surface area contributed by atoms with Crippen LogP contribution >= 0.6 is 0 Å². The van der Waals surface area contributed by atoms with Crippen LogP contribution in [-0.2, 0) is 4.74 Å². The second kappa shape index (κ2) is 8.12. The zero-order chi connectivity index (χ0) is 18.7. The lowest BCUT2D eigenvalue weighted by molar-refractivity contribution is -0.0824. The van der Waals surface area contributed by atoms with E-state index in [1.807, 2.05) is 0 Å². The lowest BCUT2D eigenvalue weighted by Crippen LogP contribution is -2.33. The van der Waals surface area contributed by atoms with E-state index in [1.165, 1.54) is 11.1 Å². The molecule has 1 nitrogen and oxygen atoms in total. The van der Waals surface area contributed by atoms with Crippen molar-refractivity contribution in [1.29, 1.82) is 0 Å². The van der Waals surface area contributed by atoms with Crippen LogP contribution in [0.4, 0.5) is 17.6 Å². The van der Waals surface area contributed by atoms with Gasteiger partial charge in [-0.1, -0.05) is 29.8 Å². The predicted octanol–water partition coefficient (Wildman–Crippen LogP) is 6.48. The third-order valence-corrected chi connectivity index (χ3v) is 5.85. The van der Waals surface area contributed by atoms with Crippen molar-refractivity contribution in [2.45, 2.75) is 63.6 Å². The number of allylic oxidation sites excluding steroid dienone is 2. The number of alkyl halides is 3. The smallest absolute Gasteiger partial charge is 0.377 e. The molecule has 2 aliphatic rings. The fourth-order valence-corrected chi connectivity index (χ4v) is 4.29. The van der Waals surface area contributed by atoms with E-state index < -0.39 is 17.9 Å². The fraction of sp³-hybridized carbons (Fsp3) is 0.619. The van der Waals surface area contributed by atoms with Crippen molar-refractivity contribution in [3.8, 4) is 0 Å². The summed E-state index contributed by atoms with van der Waals surface area (Å²) in [6.07, 6.45) is -0.126. The van der Waals surface area contributed by atoms with Crippen LogP contribution < -0.4 is 0 Å². The summed E-state index contributed by atoms with van der Waals surface area (Å²) in [5.41, 5.74) is 2.55. The molecule has 0 amide bonds. The highest BCUT2D eigenvalue weighted by Gasteiger charge is 2.34. The van der Waals surface area contributed by atoms with Gasteiger partial charge in [-0.05, 0) is 56.9 Å². The van der Waals surface area contributed by atoms with E-state index >= 15 is 0 Å². The van der Waals surface area contributed by atoms with Crippen LogP contribution in [0.15, 0.2) is 36.2 Å². The van der Waals surface area contributed by atoms with Crippen molar-refractivity contribution in [2.24, 2.45) is 11.8 Å². The van der Waals surface area contributed by atoms with E-state index in [-0.39, 0.29) is 12.2 Å². The Morgan fingerprint density at radius 2 is 1.65 bits per heavy atom. The normalized spacial score (nSPS) is 31.0. The molecule has 0 radical (unpaired) electrons. The summed E-state index contributed by atoms with van der Waals surface area (Å²) >= 11 is 0. The summed E-state index contributed by atoms with van der Waals surface area (Å²) < 4.78 is 56.7. The molecular formula is C21H26F4O. The molecule has 1 heterocycles. The molecule has 1 aromatic carbocycles. The van der Waals surface area contributed by atoms with Crippen molar-refractivity contribution in [2.75, 3.05) is 6.61 Å². The van der Waals surface area contributed by atoms with E-state index in [2.05, 4.69) is 31.2 Å². The zero-order valence-electron chi connectivity index (χ0n) is 15.1. The predicted molar refractivity (Wildman–Crippen MR) is 93.6 cm³/mol. The fourth-order valence-electron chi connectivity index (χ4n) is 4.29. The number of aryl methyl sites for hydroxylation is 1. The summed E-state index contributed by atoms with van der Waals surface area (Å²) in [4.78, 5) is 0. The highest BCUT2D eigenvalue weighted by molar-refractivity contribution is 5.25. The molecule has 1 aliphatic carbocycles. The van der Waals surface area contributed by atoms with Gasteiger partial charge >= 0.3 is 6.18 Å². The Balaban J connectivity index is 1.48. The number of hydrogen-bond donors (Lipinski definition) is 0. The molecule has 1 aliphatic heterocycles. The van der Waals surface area contributed by atoms with Crippen molar-refractivity contribution in [1.82, 2.24) is 0 Å². The van der Waals surface area contributed by atoms with Crippen LogP contribution in [0, 0.1) is 18.8 Å². The molecule has 144 valence electrons. The van der Waals surface area contributed by atoms with Gasteiger partial charge in [-0.3, -0.25) is 0 Å². The number of benzene rings is 1. The minimum absolute atomic E-state index is 0.160. The van der Waals surface area contributed by atoms with Crippen molar-refractivity contribution in [3.63, 3.8) is 0 Å². The van der Waals surface area contributed by atoms with Gasteiger partial charge in [0.1, 0.15) is 5.83 Å². The number of halogens is 4. The Morgan fingerprint density at radius 1 is 1.00 bits per heavy atom. The van der Waals surface area contributed by atoms with Gasteiger partial charge in [0.2, 0.25) is 0 Å².